The maximum absolute atomic E-state index is 13.3. The molecular weight excluding hydrogens is 598 g/mol. The maximum Gasteiger partial charge on any atom is 0.348 e. The van der Waals surface area contributed by atoms with Crippen LogP contribution in [0.25, 0.3) is 6.08 Å². The minimum absolute atomic E-state index is 0.00509. The second kappa shape index (κ2) is 15.0. The van der Waals surface area contributed by atoms with Crippen LogP contribution in [0.4, 0.5) is 0 Å². The lowest BCUT2D eigenvalue weighted by Gasteiger charge is -2.14. The molecule has 224 valence electrons. The SMILES string of the molecule is CCOC(=O)c1sc(CC(=O)C(C#N)=Cc2cc(Cl)c(OCc3cccc(C(=O)O)c3)c(OC)c2)c(C(=O)OCC)c1C. The van der Waals surface area contributed by atoms with Gasteiger partial charge in [0.25, 0.3) is 0 Å². The number of aromatic carboxylic acids is 1. The molecule has 0 saturated heterocycles. The van der Waals surface area contributed by atoms with Gasteiger partial charge >= 0.3 is 17.9 Å². The first-order chi connectivity index (χ1) is 20.5. The molecule has 2 aromatic carbocycles. The number of nitrogens with zero attached hydrogens (tertiary/aromatic N) is 1. The summed E-state index contributed by atoms with van der Waals surface area (Å²) >= 11 is 7.41. The number of hydrogen-bond donors (Lipinski definition) is 1. The Hall–Kier alpha value is -4.66. The first-order valence-corrected chi connectivity index (χ1v) is 14.2. The highest BCUT2D eigenvalue weighted by Gasteiger charge is 2.28. The normalized spacial score (nSPS) is 10.9. The Bertz CT molecular complexity index is 1630. The first-order valence-electron chi connectivity index (χ1n) is 13.0. The predicted octanol–water partition coefficient (Wildman–Crippen LogP) is 6.07. The van der Waals surface area contributed by atoms with Crippen molar-refractivity contribution in [3.8, 4) is 17.6 Å². The number of rotatable bonds is 13. The van der Waals surface area contributed by atoms with E-state index in [1.54, 1.807) is 32.9 Å². The number of Topliss-reactive ketones (excluding diaryl/α,β-unsaturated/α-hetero) is 1. The Labute approximate surface area is 257 Å². The number of thiophene rings is 1. The second-order valence-electron chi connectivity index (χ2n) is 8.89. The number of hydrogen-bond acceptors (Lipinski definition) is 10. The van der Waals surface area contributed by atoms with Crippen molar-refractivity contribution in [2.45, 2.75) is 33.8 Å². The standard InChI is InChI=1S/C31H28ClNO9S/c1-5-40-30(37)26-17(3)28(31(38)41-6-2)43-25(26)14-23(34)21(15-33)11-19-12-22(32)27(24(13-19)39-4)42-16-18-8-7-9-20(10-18)29(35)36/h7-13H,5-6,14,16H2,1-4H3,(H,35,36). The van der Waals surface area contributed by atoms with E-state index in [0.29, 0.717) is 16.7 Å². The molecular formula is C31H28ClNO9S. The minimum atomic E-state index is -1.07. The highest BCUT2D eigenvalue weighted by Crippen LogP contribution is 2.38. The summed E-state index contributed by atoms with van der Waals surface area (Å²) in [6.45, 7) is 5.10. The first kappa shape index (κ1) is 32.8. The monoisotopic (exact) mass is 625 g/mol. The molecule has 0 aliphatic carbocycles. The molecule has 43 heavy (non-hydrogen) atoms. The lowest BCUT2D eigenvalue weighted by molar-refractivity contribution is -0.114. The van der Waals surface area contributed by atoms with Crippen molar-refractivity contribution in [3.63, 3.8) is 0 Å². The van der Waals surface area contributed by atoms with Crippen LogP contribution in [0.5, 0.6) is 11.5 Å². The quantitative estimate of drug-likeness (QED) is 0.135. The van der Waals surface area contributed by atoms with E-state index in [9.17, 15) is 29.5 Å². The Kier molecular flexibility index (Phi) is 11.5. The average Bonchev–Trinajstić information content (AvgIpc) is 3.30. The molecule has 12 heteroatoms. The lowest BCUT2D eigenvalue weighted by atomic mass is 10.0. The van der Waals surface area contributed by atoms with Crippen molar-refractivity contribution in [3.05, 3.63) is 84.6 Å². The third-order valence-electron chi connectivity index (χ3n) is 6.02. The molecule has 10 nitrogen and oxygen atoms in total. The number of halogens is 1. The lowest BCUT2D eigenvalue weighted by Crippen LogP contribution is -2.12. The van der Waals surface area contributed by atoms with Crippen molar-refractivity contribution in [1.29, 1.82) is 5.26 Å². The number of nitriles is 1. The van der Waals surface area contributed by atoms with Crippen LogP contribution in [0.1, 0.15) is 65.8 Å². The summed E-state index contributed by atoms with van der Waals surface area (Å²) in [6.07, 6.45) is 0.994. The Balaban J connectivity index is 1.90. The van der Waals surface area contributed by atoms with Gasteiger partial charge in [-0.15, -0.1) is 11.3 Å². The largest absolute Gasteiger partial charge is 0.493 e. The topological polar surface area (TPSA) is 149 Å². The number of ketones is 1. The van der Waals surface area contributed by atoms with Gasteiger partial charge < -0.3 is 24.1 Å². The smallest absolute Gasteiger partial charge is 0.348 e. The van der Waals surface area contributed by atoms with Crippen molar-refractivity contribution in [2.24, 2.45) is 0 Å². The van der Waals surface area contributed by atoms with Gasteiger partial charge in [0.2, 0.25) is 0 Å². The van der Waals surface area contributed by atoms with Gasteiger partial charge in [0.05, 0.1) is 42.0 Å². The molecule has 3 aromatic rings. The van der Waals surface area contributed by atoms with E-state index in [1.807, 2.05) is 6.07 Å². The molecule has 0 spiro atoms. The van der Waals surface area contributed by atoms with Crippen molar-refractivity contribution < 1.29 is 43.2 Å². The summed E-state index contributed by atoms with van der Waals surface area (Å²) in [6, 6.07) is 11.1. The fourth-order valence-electron chi connectivity index (χ4n) is 4.06. The number of methoxy groups -OCH3 is 1. The van der Waals surface area contributed by atoms with Crippen molar-refractivity contribution in [1.82, 2.24) is 0 Å². The molecule has 0 radical (unpaired) electrons. The summed E-state index contributed by atoms with van der Waals surface area (Å²) in [5, 5.41) is 19.1. The summed E-state index contributed by atoms with van der Waals surface area (Å²) in [7, 11) is 1.39. The fraction of sp³-hybridized carbons (Fsp3) is 0.258. The van der Waals surface area contributed by atoms with E-state index < -0.39 is 23.7 Å². The van der Waals surface area contributed by atoms with E-state index in [-0.39, 0.29) is 69.2 Å². The van der Waals surface area contributed by atoms with Crippen molar-refractivity contribution >= 4 is 52.7 Å². The van der Waals surface area contributed by atoms with Crippen LogP contribution in [0.15, 0.2) is 42.0 Å². The number of carboxylic acids is 1. The molecule has 0 aliphatic rings. The highest BCUT2D eigenvalue weighted by atomic mass is 35.5. The number of carboxylic acid groups (broad SMARTS) is 1. The number of carbonyl (C=O) groups is 4. The van der Waals surface area contributed by atoms with Gasteiger partial charge in [-0.3, -0.25) is 4.79 Å². The van der Waals surface area contributed by atoms with E-state index >= 15 is 0 Å². The van der Waals surface area contributed by atoms with E-state index in [2.05, 4.69) is 0 Å². The average molecular weight is 626 g/mol. The van der Waals surface area contributed by atoms with Gasteiger partial charge in [0.1, 0.15) is 17.6 Å². The molecule has 0 amide bonds. The van der Waals surface area contributed by atoms with Crippen LogP contribution < -0.4 is 9.47 Å². The van der Waals surface area contributed by atoms with Crippen LogP contribution >= 0.6 is 22.9 Å². The highest BCUT2D eigenvalue weighted by molar-refractivity contribution is 7.14. The van der Waals surface area contributed by atoms with Crippen molar-refractivity contribution in [2.75, 3.05) is 20.3 Å². The Morgan fingerprint density at radius 2 is 1.77 bits per heavy atom. The third kappa shape index (κ3) is 8.00. The van der Waals surface area contributed by atoms with Gasteiger partial charge in [0, 0.05) is 11.3 Å². The van der Waals surface area contributed by atoms with Gasteiger partial charge in [0.15, 0.2) is 17.3 Å². The zero-order valence-electron chi connectivity index (χ0n) is 23.8. The fourth-order valence-corrected chi connectivity index (χ4v) is 5.51. The number of benzene rings is 2. The van der Waals surface area contributed by atoms with Crippen LogP contribution in [0.3, 0.4) is 0 Å². The Morgan fingerprint density at radius 3 is 2.40 bits per heavy atom. The van der Waals surface area contributed by atoms with E-state index in [0.717, 1.165) is 11.3 Å². The number of allylic oxidation sites excluding steroid dienone is 1. The van der Waals surface area contributed by atoms with Crippen LogP contribution in [-0.4, -0.2) is 49.1 Å². The molecule has 3 rings (SSSR count). The van der Waals surface area contributed by atoms with Crippen LogP contribution in [0, 0.1) is 18.3 Å². The van der Waals surface area contributed by atoms with Gasteiger partial charge in [-0.25, -0.2) is 14.4 Å². The minimum Gasteiger partial charge on any atom is -0.493 e. The molecule has 0 unspecified atom stereocenters. The van der Waals surface area contributed by atoms with Crippen LogP contribution in [0.2, 0.25) is 5.02 Å². The Morgan fingerprint density at radius 1 is 1.07 bits per heavy atom. The molecule has 1 N–H and O–H groups in total. The summed E-state index contributed by atoms with van der Waals surface area (Å²) in [5.74, 6) is -2.56. The third-order valence-corrected chi connectivity index (χ3v) is 7.57. The van der Waals surface area contributed by atoms with Gasteiger partial charge in [-0.1, -0.05) is 23.7 Å². The van der Waals surface area contributed by atoms with Gasteiger partial charge in [-0.05, 0) is 67.8 Å². The van der Waals surface area contributed by atoms with Gasteiger partial charge in [-0.2, -0.15) is 5.26 Å². The summed E-state index contributed by atoms with van der Waals surface area (Å²) in [5.41, 5.74) is 1.28. The predicted molar refractivity (Wildman–Crippen MR) is 159 cm³/mol. The number of esters is 2. The maximum atomic E-state index is 13.3. The summed E-state index contributed by atoms with van der Waals surface area (Å²) in [4.78, 5) is 50.1. The van der Waals surface area contributed by atoms with E-state index in [1.165, 1.54) is 37.5 Å². The molecule has 1 heterocycles. The summed E-state index contributed by atoms with van der Waals surface area (Å²) < 4.78 is 21.5. The molecule has 0 bridgehead atoms. The molecule has 0 atom stereocenters. The molecule has 1 aromatic heterocycles. The number of ether oxygens (including phenoxy) is 4. The zero-order chi connectivity index (χ0) is 31.7. The molecule has 0 aliphatic heterocycles. The molecule has 0 saturated carbocycles. The molecule has 0 fully saturated rings. The second-order valence-corrected chi connectivity index (χ2v) is 10.4. The van der Waals surface area contributed by atoms with Crippen LogP contribution in [-0.2, 0) is 27.3 Å². The van der Waals surface area contributed by atoms with E-state index in [4.69, 9.17) is 30.5 Å². The zero-order valence-corrected chi connectivity index (χ0v) is 25.4. The number of carbonyl (C=O) groups excluding carboxylic acids is 3.